The van der Waals surface area contributed by atoms with E-state index < -0.39 is 13.2 Å². The normalized spacial score (nSPS) is 23.9. The highest BCUT2D eigenvalue weighted by Crippen LogP contribution is 2.37. The van der Waals surface area contributed by atoms with Crippen molar-refractivity contribution in [1.29, 1.82) is 0 Å². The summed E-state index contributed by atoms with van der Waals surface area (Å²) in [4.78, 5) is 9.52. The molecule has 4 aliphatic heterocycles. The monoisotopic (exact) mass is 725 g/mol. The second-order valence-corrected chi connectivity index (χ2v) is 15.5. The smallest absolute Gasteiger partial charge is 0.169 e. The lowest BCUT2D eigenvalue weighted by molar-refractivity contribution is 0.154. The van der Waals surface area contributed by atoms with Gasteiger partial charge in [-0.1, -0.05) is 36.4 Å². The van der Waals surface area contributed by atoms with E-state index in [1.54, 1.807) is 18.2 Å². The number of rotatable bonds is 8. The van der Waals surface area contributed by atoms with E-state index >= 15 is 0 Å². The van der Waals surface area contributed by atoms with Crippen LogP contribution in [-0.2, 0) is 0 Å². The molecule has 0 saturated carbocycles. The van der Waals surface area contributed by atoms with Gasteiger partial charge in [-0.05, 0) is 98.5 Å². The Morgan fingerprint density at radius 2 is 1.67 bits per heavy atom. The van der Waals surface area contributed by atoms with Gasteiger partial charge in [-0.3, -0.25) is 5.32 Å². The summed E-state index contributed by atoms with van der Waals surface area (Å²) in [7, 11) is 0. The highest BCUT2D eigenvalue weighted by Gasteiger charge is 2.28. The summed E-state index contributed by atoms with van der Waals surface area (Å²) in [5, 5.41) is 23.1. The highest BCUT2D eigenvalue weighted by atomic mass is 16.3. The highest BCUT2D eigenvalue weighted by molar-refractivity contribution is 5.93. The number of nitrogens with zero attached hydrogens (tertiary/aromatic N) is 7. The molecule has 4 aliphatic rings. The number of nitrogens with two attached hydrogens (primary N) is 1. The molecule has 3 fully saturated rings. The van der Waals surface area contributed by atoms with E-state index in [1.807, 2.05) is 29.3 Å². The van der Waals surface area contributed by atoms with E-state index in [-0.39, 0.29) is 5.75 Å². The van der Waals surface area contributed by atoms with Crippen LogP contribution in [0.4, 0.5) is 22.9 Å². The lowest BCUT2D eigenvalue weighted by Gasteiger charge is -2.39. The Kier molecular flexibility index (Phi) is 9.21. The van der Waals surface area contributed by atoms with Crippen LogP contribution >= 0.6 is 0 Å². The molecule has 10 heteroatoms. The Morgan fingerprint density at radius 3 is 2.48 bits per heavy atom. The molecule has 6 heterocycles. The van der Waals surface area contributed by atoms with Gasteiger partial charge < -0.3 is 35.0 Å². The molecule has 280 valence electrons. The zero-order chi connectivity index (χ0) is 38.2. The minimum absolute atomic E-state index is 0.187. The fraction of sp³-hybridized carbons (Fsp3) is 0.409. The van der Waals surface area contributed by atoms with Gasteiger partial charge in [0.15, 0.2) is 5.82 Å². The molecule has 2 aromatic heterocycles. The Hall–Kier alpha value is -5.06. The van der Waals surface area contributed by atoms with Crippen LogP contribution in [0.25, 0.3) is 22.2 Å². The van der Waals surface area contributed by atoms with Crippen molar-refractivity contribution in [1.82, 2.24) is 25.0 Å². The van der Waals surface area contributed by atoms with Gasteiger partial charge in [0.05, 0.1) is 30.6 Å². The molecule has 0 amide bonds. The number of para-hydroxylation sites is 1. The van der Waals surface area contributed by atoms with E-state index in [4.69, 9.17) is 8.48 Å². The van der Waals surface area contributed by atoms with Gasteiger partial charge in [-0.15, -0.1) is 10.2 Å². The number of fused-ring (bicyclic) bond motifs is 1. The zero-order valence-corrected chi connectivity index (χ0v) is 31.0. The Balaban J connectivity index is 0.763. The first-order chi connectivity index (χ1) is 27.4. The lowest BCUT2D eigenvalue weighted by Crippen LogP contribution is -2.41. The predicted octanol–water partition coefficient (Wildman–Crippen LogP) is 7.20. The predicted molar refractivity (Wildman–Crippen MR) is 220 cm³/mol. The summed E-state index contributed by atoms with van der Waals surface area (Å²) in [5.41, 5.74) is 13.5. The van der Waals surface area contributed by atoms with Gasteiger partial charge in [0.25, 0.3) is 0 Å². The lowest BCUT2D eigenvalue weighted by atomic mass is 9.90. The van der Waals surface area contributed by atoms with E-state index in [0.29, 0.717) is 29.0 Å². The molecule has 10 nitrogen and oxygen atoms in total. The van der Waals surface area contributed by atoms with Crippen molar-refractivity contribution in [2.45, 2.75) is 50.5 Å². The number of phenols is 1. The van der Waals surface area contributed by atoms with Crippen molar-refractivity contribution in [3.8, 4) is 17.0 Å². The Bertz CT molecular complexity index is 2160. The van der Waals surface area contributed by atoms with Crippen molar-refractivity contribution in [2.24, 2.45) is 5.92 Å². The topological polar surface area (TPSA) is 102 Å². The molecule has 2 unspecified atom stereocenters. The zero-order valence-electron chi connectivity index (χ0n) is 33.0. The summed E-state index contributed by atoms with van der Waals surface area (Å²) < 4.78 is 18.9. The quantitative estimate of drug-likeness (QED) is 0.153. The number of likely N-dealkylation sites (tertiary alicyclic amines) is 1. The van der Waals surface area contributed by atoms with Crippen LogP contribution < -0.4 is 25.8 Å². The summed E-state index contributed by atoms with van der Waals surface area (Å²) in [5.74, 6) is 1.75. The molecule has 3 saturated heterocycles. The standard InChI is InChI=1S/C44H53N9O/c45-44-42(28-39(47-48-44)37-7-1-2-10-43(37)54)51-21-4-6-34(30-51)33-11-13-35(14-12-33)50-25-15-32(16-26-50)29-49-23-17-36(18-24-49)53-27-19-38-40(8-3-9-41(38)53)52-22-5-20-46-31-52/h1-3,5,7-14,19,22,27-28,32,34,36,46,54H,4,6,15-18,20-21,23-26,29-31H2,(H2,45,48)/i20D,31D/t20?,31-,34?/m1/s1. The number of hydrogen-bond acceptors (Lipinski definition) is 9. The fourth-order valence-electron chi connectivity index (χ4n) is 9.23. The SMILES string of the molecule is [2H]C1C=CN(c2cccc3c2ccn3C2CCN(CC3CCN(c4ccc(C5CCCN(c6cc(-c7ccccc7O)nnc6N)C5)cc4)CC3)CC2)[C@H]([2H])N1. The number of aromatic nitrogens is 3. The van der Waals surface area contributed by atoms with Crippen LogP contribution in [0.15, 0.2) is 97.3 Å². The Morgan fingerprint density at radius 1 is 0.833 bits per heavy atom. The Labute approximate surface area is 321 Å². The number of aromatic hydroxyl groups is 1. The maximum Gasteiger partial charge on any atom is 0.169 e. The van der Waals surface area contributed by atoms with Crippen molar-refractivity contribution >= 4 is 33.8 Å². The molecule has 0 radical (unpaired) electrons. The molecule has 0 spiro atoms. The van der Waals surface area contributed by atoms with Gasteiger partial charge in [0, 0.05) is 94.7 Å². The molecule has 5 aromatic rings. The van der Waals surface area contributed by atoms with Crippen molar-refractivity contribution in [3.63, 3.8) is 0 Å². The van der Waals surface area contributed by atoms with Crippen LogP contribution in [0.5, 0.6) is 5.75 Å². The maximum atomic E-state index is 10.4. The van der Waals surface area contributed by atoms with E-state index in [0.717, 1.165) is 87.6 Å². The van der Waals surface area contributed by atoms with Crippen molar-refractivity contribution in [2.75, 3.05) is 79.4 Å². The largest absolute Gasteiger partial charge is 0.507 e. The first-order valence-corrected chi connectivity index (χ1v) is 19.8. The molecular formula is C44H53N9O. The van der Waals surface area contributed by atoms with Crippen molar-refractivity contribution < 1.29 is 7.85 Å². The molecular weight excluding hydrogens is 671 g/mol. The number of hydrogen-bond donors (Lipinski definition) is 3. The first-order valence-electron chi connectivity index (χ1n) is 20.9. The van der Waals surface area contributed by atoms with Crippen molar-refractivity contribution in [3.05, 3.63) is 103 Å². The first kappa shape index (κ1) is 32.4. The van der Waals surface area contributed by atoms with Gasteiger partial charge in [-0.25, -0.2) is 0 Å². The van der Waals surface area contributed by atoms with Gasteiger partial charge in [0.2, 0.25) is 0 Å². The third-order valence-corrected chi connectivity index (χ3v) is 12.2. The van der Waals surface area contributed by atoms with E-state index in [1.165, 1.54) is 36.2 Å². The third-order valence-electron chi connectivity index (χ3n) is 12.2. The third kappa shape index (κ3) is 7.12. The number of phenolic OH excluding ortho intramolecular Hbond substituents is 1. The van der Waals surface area contributed by atoms with Crippen LogP contribution in [0.3, 0.4) is 0 Å². The van der Waals surface area contributed by atoms with Crippen LogP contribution in [0, 0.1) is 5.92 Å². The molecule has 0 bridgehead atoms. The summed E-state index contributed by atoms with van der Waals surface area (Å²) in [6.07, 6.45) is 12.9. The van der Waals surface area contributed by atoms with Gasteiger partial charge in [0.1, 0.15) is 5.75 Å². The minimum atomic E-state index is -0.669. The number of piperidine rings is 3. The second-order valence-electron chi connectivity index (χ2n) is 15.5. The van der Waals surface area contributed by atoms with Crippen LogP contribution in [-0.4, -0.2) is 83.7 Å². The van der Waals surface area contributed by atoms with Gasteiger partial charge in [-0.2, -0.15) is 0 Å². The average Bonchev–Trinajstić information content (AvgIpc) is 3.67. The number of nitrogens with one attached hydrogen (secondary N) is 1. The molecule has 54 heavy (non-hydrogen) atoms. The van der Waals surface area contributed by atoms with Crippen LogP contribution in [0.1, 0.15) is 58.8 Å². The minimum Gasteiger partial charge on any atom is -0.507 e. The summed E-state index contributed by atoms with van der Waals surface area (Å²) in [6.45, 7) is 6.24. The number of nitrogen functional groups attached to an aromatic ring is 1. The molecule has 0 aliphatic carbocycles. The van der Waals surface area contributed by atoms with Crippen LogP contribution in [0.2, 0.25) is 0 Å². The number of anilines is 4. The van der Waals surface area contributed by atoms with E-state index in [9.17, 15) is 5.11 Å². The summed E-state index contributed by atoms with van der Waals surface area (Å²) >= 11 is 0. The molecule has 4 N–H and O–H groups in total. The van der Waals surface area contributed by atoms with E-state index in [2.05, 4.69) is 89.5 Å². The number of benzene rings is 3. The maximum absolute atomic E-state index is 10.4. The average molecular weight is 726 g/mol. The molecule has 3 aromatic carbocycles. The fourth-order valence-corrected chi connectivity index (χ4v) is 9.23. The van der Waals surface area contributed by atoms with Gasteiger partial charge >= 0.3 is 0 Å². The molecule has 9 rings (SSSR count). The second kappa shape index (κ2) is 15.4. The molecule has 3 atom stereocenters. The summed E-state index contributed by atoms with van der Waals surface area (Å²) in [6, 6.07) is 27.5.